The monoisotopic (exact) mass is 491 g/mol. The number of aliphatic carboxylic acids is 2. The summed E-state index contributed by atoms with van der Waals surface area (Å²) in [6.45, 7) is 4.19. The van der Waals surface area contributed by atoms with E-state index in [2.05, 4.69) is 46.6 Å². The smallest absolute Gasteiger partial charge is 0.407 e. The molecule has 2 heterocycles. The lowest BCUT2D eigenvalue weighted by molar-refractivity contribution is -0.165. The lowest BCUT2D eigenvalue weighted by atomic mass is 9.72. The van der Waals surface area contributed by atoms with Crippen LogP contribution in [0.3, 0.4) is 0 Å². The number of fused-ring (bicyclic) bond motifs is 2. The number of aromatic amines is 1. The number of hydrogen-bond donors (Lipinski definition) is 6. The number of H-pyrrole nitrogens is 1. The summed E-state index contributed by atoms with van der Waals surface area (Å²) in [6, 6.07) is 7.16. The van der Waals surface area contributed by atoms with Crippen LogP contribution in [0, 0.1) is 5.92 Å². The van der Waals surface area contributed by atoms with Crippen molar-refractivity contribution in [1.29, 1.82) is 0 Å². The first kappa shape index (κ1) is 26.5. The number of amides is 1. The summed E-state index contributed by atoms with van der Waals surface area (Å²) in [5, 5.41) is 36.9. The van der Waals surface area contributed by atoms with Crippen LogP contribution in [0.15, 0.2) is 24.4 Å². The summed E-state index contributed by atoms with van der Waals surface area (Å²) < 4.78 is 5.13. The number of rotatable bonds is 7. The van der Waals surface area contributed by atoms with Gasteiger partial charge >= 0.3 is 18.0 Å². The van der Waals surface area contributed by atoms with Gasteiger partial charge in [0.25, 0.3) is 0 Å². The predicted octanol–water partition coefficient (Wildman–Crippen LogP) is 1.14. The van der Waals surface area contributed by atoms with Crippen molar-refractivity contribution in [1.82, 2.24) is 15.2 Å². The normalized spacial score (nSPS) is 22.8. The molecule has 1 saturated heterocycles. The van der Waals surface area contributed by atoms with Crippen LogP contribution in [-0.4, -0.2) is 93.3 Å². The molecule has 0 spiro atoms. The van der Waals surface area contributed by atoms with Gasteiger partial charge in [0, 0.05) is 42.1 Å². The van der Waals surface area contributed by atoms with E-state index in [0.717, 1.165) is 25.8 Å². The molecule has 1 aromatic carbocycles. The summed E-state index contributed by atoms with van der Waals surface area (Å²) >= 11 is 0. The van der Waals surface area contributed by atoms with Gasteiger partial charge in [0.2, 0.25) is 0 Å². The molecule has 2 unspecified atom stereocenters. The van der Waals surface area contributed by atoms with Crippen molar-refractivity contribution in [2.45, 2.75) is 50.4 Å². The molecule has 0 saturated carbocycles. The number of nitrogens with zero attached hydrogens (tertiary/aromatic N) is 1. The highest BCUT2D eigenvalue weighted by atomic mass is 16.5. The largest absolute Gasteiger partial charge is 0.479 e. The molecular formula is C24H33N3O8. The second kappa shape index (κ2) is 11.5. The third-order valence-electron chi connectivity index (χ3n) is 6.59. The molecule has 35 heavy (non-hydrogen) atoms. The van der Waals surface area contributed by atoms with Crippen LogP contribution in [0.5, 0.6) is 0 Å². The molecule has 1 aliphatic carbocycles. The topological polar surface area (TPSA) is 172 Å². The summed E-state index contributed by atoms with van der Waals surface area (Å²) in [5.74, 6) is -2.55. The minimum absolute atomic E-state index is 0.287. The third-order valence-corrected chi connectivity index (χ3v) is 6.59. The van der Waals surface area contributed by atoms with Crippen LogP contribution in [0.1, 0.15) is 36.8 Å². The van der Waals surface area contributed by atoms with E-state index in [1.807, 2.05) is 6.92 Å². The number of carboxylic acid groups (broad SMARTS) is 2. The first-order chi connectivity index (χ1) is 16.6. The lowest BCUT2D eigenvalue weighted by Gasteiger charge is -2.45. The number of hydrogen-bond acceptors (Lipinski definition) is 7. The fraction of sp³-hybridized carbons (Fsp3) is 0.542. The number of nitrogens with one attached hydrogen (secondary N) is 2. The number of alkyl carbamates (subject to hydrolysis) is 1. The van der Waals surface area contributed by atoms with Gasteiger partial charge in [-0.15, -0.1) is 0 Å². The summed E-state index contributed by atoms with van der Waals surface area (Å²) in [4.78, 5) is 37.2. The van der Waals surface area contributed by atoms with Crippen LogP contribution in [0.2, 0.25) is 0 Å². The van der Waals surface area contributed by atoms with E-state index in [-0.39, 0.29) is 6.09 Å². The average Bonchev–Trinajstić information content (AvgIpc) is 3.25. The number of carboxylic acids is 2. The van der Waals surface area contributed by atoms with Crippen LogP contribution < -0.4 is 5.32 Å². The SMILES string of the molecule is CCCOC(=O)NC[C@@H]1C[C@@H]2c3cccc4[nH]cc(c34)C[C@H]2N(C)C1.O=C(O)C(O)C(O)C(=O)O. The molecule has 6 N–H and O–H groups in total. The number of piperidine rings is 1. The zero-order chi connectivity index (χ0) is 25.7. The highest BCUT2D eigenvalue weighted by Crippen LogP contribution is 2.44. The molecule has 11 heteroatoms. The van der Waals surface area contributed by atoms with Gasteiger partial charge in [-0.25, -0.2) is 14.4 Å². The number of aromatic nitrogens is 1. The van der Waals surface area contributed by atoms with E-state index in [0.29, 0.717) is 31.0 Å². The summed E-state index contributed by atoms with van der Waals surface area (Å²) in [5.41, 5.74) is 4.16. The van der Waals surface area contributed by atoms with E-state index >= 15 is 0 Å². The van der Waals surface area contributed by atoms with Crippen LogP contribution in [0.4, 0.5) is 4.79 Å². The Balaban J connectivity index is 0.000000292. The fourth-order valence-electron chi connectivity index (χ4n) is 4.95. The molecule has 1 fully saturated rings. The van der Waals surface area contributed by atoms with E-state index in [9.17, 15) is 14.4 Å². The minimum Gasteiger partial charge on any atom is -0.479 e. The average molecular weight is 492 g/mol. The van der Waals surface area contributed by atoms with Gasteiger partial charge in [0.1, 0.15) is 0 Å². The van der Waals surface area contributed by atoms with Gasteiger partial charge in [-0.1, -0.05) is 19.1 Å². The number of aliphatic hydroxyl groups is 2. The maximum Gasteiger partial charge on any atom is 0.407 e. The van der Waals surface area contributed by atoms with Gasteiger partial charge in [0.15, 0.2) is 12.2 Å². The predicted molar refractivity (Wildman–Crippen MR) is 126 cm³/mol. The number of carbonyl (C=O) groups is 3. The van der Waals surface area contributed by atoms with Gasteiger partial charge in [0.05, 0.1) is 6.61 Å². The van der Waals surface area contributed by atoms with Crippen LogP contribution in [-0.2, 0) is 20.7 Å². The maximum atomic E-state index is 11.7. The highest BCUT2D eigenvalue weighted by Gasteiger charge is 2.39. The van der Waals surface area contributed by atoms with Crippen LogP contribution in [0.25, 0.3) is 10.9 Å². The number of carbonyl (C=O) groups excluding carboxylic acids is 1. The highest BCUT2D eigenvalue weighted by molar-refractivity contribution is 5.88. The van der Waals surface area contributed by atoms with E-state index < -0.39 is 24.1 Å². The lowest BCUT2D eigenvalue weighted by Crippen LogP contribution is -2.50. The van der Waals surface area contributed by atoms with Gasteiger partial charge in [-0.2, -0.15) is 0 Å². The molecule has 5 atom stereocenters. The van der Waals surface area contributed by atoms with Crippen molar-refractivity contribution in [2.24, 2.45) is 5.92 Å². The van der Waals surface area contributed by atoms with Crippen molar-refractivity contribution in [3.05, 3.63) is 35.5 Å². The molecule has 192 valence electrons. The maximum absolute atomic E-state index is 11.7. The number of likely N-dealkylation sites (tertiary alicyclic amines) is 1. The Morgan fingerprint density at radius 2 is 1.89 bits per heavy atom. The summed E-state index contributed by atoms with van der Waals surface area (Å²) in [7, 11) is 2.22. The Hall–Kier alpha value is -3.15. The number of ether oxygens (including phenoxy) is 1. The van der Waals surface area contributed by atoms with Crippen molar-refractivity contribution < 1.29 is 39.5 Å². The Labute approximate surface area is 202 Å². The quantitative estimate of drug-likeness (QED) is 0.332. The molecule has 0 bridgehead atoms. The zero-order valence-corrected chi connectivity index (χ0v) is 19.8. The number of aliphatic hydroxyl groups excluding tert-OH is 2. The molecule has 1 aliphatic heterocycles. The fourth-order valence-corrected chi connectivity index (χ4v) is 4.95. The van der Waals surface area contributed by atoms with E-state index in [1.54, 1.807) is 0 Å². The van der Waals surface area contributed by atoms with Gasteiger partial charge < -0.3 is 40.4 Å². The molecule has 11 nitrogen and oxygen atoms in total. The Morgan fingerprint density at radius 3 is 2.51 bits per heavy atom. The van der Waals surface area contributed by atoms with Crippen molar-refractivity contribution in [3.63, 3.8) is 0 Å². The molecule has 1 aromatic heterocycles. The van der Waals surface area contributed by atoms with Crippen molar-refractivity contribution >= 4 is 28.9 Å². The second-order valence-electron chi connectivity index (χ2n) is 9.09. The van der Waals surface area contributed by atoms with E-state index in [4.69, 9.17) is 25.2 Å². The van der Waals surface area contributed by atoms with E-state index in [1.165, 1.54) is 22.0 Å². The minimum atomic E-state index is -2.27. The Morgan fingerprint density at radius 1 is 1.20 bits per heavy atom. The van der Waals surface area contributed by atoms with Gasteiger partial charge in [-0.3, -0.25) is 0 Å². The Bertz CT molecular complexity index is 1040. The molecule has 4 rings (SSSR count). The standard InChI is InChI=1S/C20H27N3O2.C4H6O6/c1-3-7-25-20(24)22-10-13-8-16-15-5-4-6-17-19(15)14(11-21-17)9-18(16)23(2)12-13;5-1(3(7)8)2(6)4(9)10/h4-6,11,13,16,18,21H,3,7-10,12H2,1-2H3,(H,22,24);1-2,5-6H,(H,7,8)(H,9,10)/t13-,16+,18+;/m0./s1. The molecule has 0 radical (unpaired) electrons. The molecule has 2 aliphatic rings. The van der Waals surface area contributed by atoms with Gasteiger partial charge in [-0.05, 0) is 49.4 Å². The second-order valence-corrected chi connectivity index (χ2v) is 9.09. The summed E-state index contributed by atoms with van der Waals surface area (Å²) in [6.07, 6.45) is 0.436. The van der Waals surface area contributed by atoms with Crippen molar-refractivity contribution in [3.8, 4) is 0 Å². The number of benzene rings is 1. The number of likely N-dealkylation sites (N-methyl/N-ethyl adjacent to an activating group) is 1. The van der Waals surface area contributed by atoms with Crippen molar-refractivity contribution in [2.75, 3.05) is 26.7 Å². The Kier molecular flexibility index (Phi) is 8.71. The van der Waals surface area contributed by atoms with Crippen LogP contribution >= 0.6 is 0 Å². The molecule has 2 aromatic rings. The first-order valence-electron chi connectivity index (χ1n) is 11.6. The first-order valence-corrected chi connectivity index (χ1v) is 11.6. The molecular weight excluding hydrogens is 458 g/mol. The third kappa shape index (κ3) is 6.11. The zero-order valence-electron chi connectivity index (χ0n) is 19.8. The molecule has 1 amide bonds.